The van der Waals surface area contributed by atoms with Gasteiger partial charge in [0.15, 0.2) is 17.3 Å². The van der Waals surface area contributed by atoms with Crippen molar-refractivity contribution in [2.45, 2.75) is 13.0 Å². The molecule has 0 fully saturated rings. The van der Waals surface area contributed by atoms with Crippen LogP contribution in [0.15, 0.2) is 23.4 Å². The summed E-state index contributed by atoms with van der Waals surface area (Å²) in [6.07, 6.45) is 0. The van der Waals surface area contributed by atoms with Gasteiger partial charge < -0.3 is 25.7 Å². The van der Waals surface area contributed by atoms with E-state index in [1.807, 2.05) is 18.2 Å². The lowest BCUT2D eigenvalue weighted by atomic mass is 10.2. The quantitative estimate of drug-likeness (QED) is 0.307. The first-order valence-electron chi connectivity index (χ1n) is 4.84. The summed E-state index contributed by atoms with van der Waals surface area (Å²) < 4.78 is 10.4. The number of amidine groups is 1. The molecule has 6 heteroatoms. The molecule has 1 atom stereocenters. The van der Waals surface area contributed by atoms with Gasteiger partial charge in [-0.05, 0) is 19.1 Å². The Morgan fingerprint density at radius 1 is 1.50 bits per heavy atom. The molecule has 0 aromatic heterocycles. The molecule has 6 nitrogen and oxygen atoms in total. The van der Waals surface area contributed by atoms with Crippen LogP contribution < -0.4 is 20.5 Å². The van der Waals surface area contributed by atoms with Crippen molar-refractivity contribution in [3.63, 3.8) is 0 Å². The molecule has 1 heterocycles. The SMILES string of the molecule is CC(Nc1ccc2c(c1)OCO2)C(N)=NO. The number of fused-ring (bicyclic) bond motifs is 1. The van der Waals surface area contributed by atoms with E-state index in [0.717, 1.165) is 11.4 Å². The maximum atomic E-state index is 8.52. The third-order valence-corrected chi connectivity index (χ3v) is 2.31. The maximum absolute atomic E-state index is 8.52. The number of hydrogen-bond acceptors (Lipinski definition) is 5. The minimum atomic E-state index is -0.259. The van der Waals surface area contributed by atoms with Crippen LogP contribution in [0.5, 0.6) is 11.5 Å². The first-order valence-corrected chi connectivity index (χ1v) is 4.84. The maximum Gasteiger partial charge on any atom is 0.231 e. The summed E-state index contributed by atoms with van der Waals surface area (Å²) in [5.74, 6) is 1.54. The number of nitrogens with zero attached hydrogens (tertiary/aromatic N) is 1. The summed E-state index contributed by atoms with van der Waals surface area (Å²) >= 11 is 0. The van der Waals surface area contributed by atoms with Crippen molar-refractivity contribution < 1.29 is 14.7 Å². The minimum absolute atomic E-state index is 0.123. The average molecular weight is 223 g/mol. The second kappa shape index (κ2) is 4.18. The molecule has 0 saturated heterocycles. The van der Waals surface area contributed by atoms with Gasteiger partial charge in [0.2, 0.25) is 6.79 Å². The first kappa shape index (κ1) is 10.4. The third kappa shape index (κ3) is 1.95. The fourth-order valence-electron chi connectivity index (χ4n) is 1.40. The van der Waals surface area contributed by atoms with Gasteiger partial charge in [-0.1, -0.05) is 5.16 Å². The van der Waals surface area contributed by atoms with Gasteiger partial charge in [-0.3, -0.25) is 0 Å². The highest BCUT2D eigenvalue weighted by molar-refractivity contribution is 5.87. The number of oxime groups is 1. The number of rotatable bonds is 3. The van der Waals surface area contributed by atoms with Gasteiger partial charge in [0.25, 0.3) is 0 Å². The van der Waals surface area contributed by atoms with Crippen molar-refractivity contribution in [1.29, 1.82) is 0 Å². The second-order valence-corrected chi connectivity index (χ2v) is 3.46. The summed E-state index contributed by atoms with van der Waals surface area (Å²) in [5, 5.41) is 14.5. The summed E-state index contributed by atoms with van der Waals surface area (Å²) in [4.78, 5) is 0. The van der Waals surface area contributed by atoms with E-state index in [9.17, 15) is 0 Å². The minimum Gasteiger partial charge on any atom is -0.454 e. The topological polar surface area (TPSA) is 89.1 Å². The van der Waals surface area contributed by atoms with E-state index in [4.69, 9.17) is 20.4 Å². The lowest BCUT2D eigenvalue weighted by molar-refractivity contribution is 0.174. The largest absolute Gasteiger partial charge is 0.454 e. The Morgan fingerprint density at radius 3 is 3.00 bits per heavy atom. The van der Waals surface area contributed by atoms with Crippen LogP contribution >= 0.6 is 0 Å². The van der Waals surface area contributed by atoms with Crippen LogP contribution in [-0.2, 0) is 0 Å². The molecule has 0 aliphatic carbocycles. The number of nitrogens with one attached hydrogen (secondary N) is 1. The fourth-order valence-corrected chi connectivity index (χ4v) is 1.40. The zero-order valence-electron chi connectivity index (χ0n) is 8.80. The fraction of sp³-hybridized carbons (Fsp3) is 0.300. The number of nitrogens with two attached hydrogens (primary N) is 1. The molecule has 1 aromatic rings. The van der Waals surface area contributed by atoms with E-state index in [-0.39, 0.29) is 18.7 Å². The molecule has 0 saturated carbocycles. The third-order valence-electron chi connectivity index (χ3n) is 2.31. The van der Waals surface area contributed by atoms with E-state index in [1.54, 1.807) is 6.92 Å². The van der Waals surface area contributed by atoms with Crippen molar-refractivity contribution in [3.05, 3.63) is 18.2 Å². The summed E-state index contributed by atoms with van der Waals surface area (Å²) in [6.45, 7) is 2.04. The van der Waals surface area contributed by atoms with Crippen molar-refractivity contribution in [2.24, 2.45) is 10.9 Å². The van der Waals surface area contributed by atoms with Crippen molar-refractivity contribution in [3.8, 4) is 11.5 Å². The van der Waals surface area contributed by atoms with Gasteiger partial charge in [-0.25, -0.2) is 0 Å². The van der Waals surface area contributed by atoms with Gasteiger partial charge in [-0.15, -0.1) is 0 Å². The average Bonchev–Trinajstić information content (AvgIpc) is 2.75. The molecule has 0 spiro atoms. The van der Waals surface area contributed by atoms with Crippen LogP contribution in [0.1, 0.15) is 6.92 Å². The Kier molecular flexibility index (Phi) is 2.72. The Hall–Kier alpha value is -2.11. The van der Waals surface area contributed by atoms with Gasteiger partial charge in [0.05, 0.1) is 6.04 Å². The Bertz CT molecular complexity index is 420. The molecule has 16 heavy (non-hydrogen) atoms. The molecular weight excluding hydrogens is 210 g/mol. The predicted octanol–water partition coefficient (Wildman–Crippen LogP) is 0.962. The van der Waals surface area contributed by atoms with E-state index < -0.39 is 0 Å². The molecule has 1 aliphatic rings. The lowest BCUT2D eigenvalue weighted by Gasteiger charge is -2.13. The standard InChI is InChI=1S/C10H13N3O3/c1-6(10(11)13-14)12-7-2-3-8-9(4-7)16-5-15-8/h2-4,6,12,14H,5H2,1H3,(H2,11,13). The number of ether oxygens (including phenoxy) is 2. The molecular formula is C10H13N3O3. The van der Waals surface area contributed by atoms with Crippen LogP contribution in [0.4, 0.5) is 5.69 Å². The second-order valence-electron chi connectivity index (χ2n) is 3.46. The van der Waals surface area contributed by atoms with E-state index in [0.29, 0.717) is 5.75 Å². The number of benzene rings is 1. The molecule has 0 radical (unpaired) electrons. The number of hydrogen-bond donors (Lipinski definition) is 3. The van der Waals surface area contributed by atoms with Gasteiger partial charge in [-0.2, -0.15) is 0 Å². The van der Waals surface area contributed by atoms with Gasteiger partial charge in [0, 0.05) is 11.8 Å². The zero-order chi connectivity index (χ0) is 11.5. The Morgan fingerprint density at radius 2 is 2.25 bits per heavy atom. The van der Waals surface area contributed by atoms with Crippen molar-refractivity contribution >= 4 is 11.5 Å². The smallest absolute Gasteiger partial charge is 0.231 e. The Labute approximate surface area is 92.6 Å². The van der Waals surface area contributed by atoms with Crippen molar-refractivity contribution in [2.75, 3.05) is 12.1 Å². The highest BCUT2D eigenvalue weighted by atomic mass is 16.7. The van der Waals surface area contributed by atoms with Crippen LogP contribution in [0.2, 0.25) is 0 Å². The zero-order valence-corrected chi connectivity index (χ0v) is 8.80. The number of anilines is 1. The molecule has 1 aliphatic heterocycles. The normalized spacial score (nSPS) is 15.9. The van der Waals surface area contributed by atoms with Crippen LogP contribution in [-0.4, -0.2) is 23.9 Å². The summed E-state index contributed by atoms with van der Waals surface area (Å²) in [5.41, 5.74) is 6.28. The van der Waals surface area contributed by atoms with Crippen molar-refractivity contribution in [1.82, 2.24) is 0 Å². The summed E-state index contributed by atoms with van der Waals surface area (Å²) in [7, 11) is 0. The molecule has 2 rings (SSSR count). The molecule has 1 aromatic carbocycles. The van der Waals surface area contributed by atoms with E-state index in [1.165, 1.54) is 0 Å². The van der Waals surface area contributed by atoms with E-state index in [2.05, 4.69) is 10.5 Å². The van der Waals surface area contributed by atoms with Gasteiger partial charge >= 0.3 is 0 Å². The highest BCUT2D eigenvalue weighted by Gasteiger charge is 2.14. The summed E-state index contributed by atoms with van der Waals surface area (Å²) in [6, 6.07) is 5.20. The van der Waals surface area contributed by atoms with Crippen LogP contribution in [0, 0.1) is 0 Å². The molecule has 0 bridgehead atoms. The van der Waals surface area contributed by atoms with Crippen LogP contribution in [0.3, 0.4) is 0 Å². The monoisotopic (exact) mass is 223 g/mol. The van der Waals surface area contributed by atoms with Crippen LogP contribution in [0.25, 0.3) is 0 Å². The Balaban J connectivity index is 2.11. The first-order chi connectivity index (χ1) is 7.70. The lowest BCUT2D eigenvalue weighted by Crippen LogP contribution is -2.32. The molecule has 4 N–H and O–H groups in total. The van der Waals surface area contributed by atoms with Gasteiger partial charge in [0.1, 0.15) is 0 Å². The molecule has 0 amide bonds. The van der Waals surface area contributed by atoms with E-state index >= 15 is 0 Å². The molecule has 86 valence electrons. The predicted molar refractivity (Wildman–Crippen MR) is 59.1 cm³/mol. The molecule has 1 unspecified atom stereocenters. The highest BCUT2D eigenvalue weighted by Crippen LogP contribution is 2.34.